The van der Waals surface area contributed by atoms with Gasteiger partial charge in [0.25, 0.3) is 10.0 Å². The monoisotopic (exact) mass is 359 g/mol. The molecule has 2 aromatic rings. The molecule has 1 aromatic heterocycles. The Hall–Kier alpha value is -1.51. The summed E-state index contributed by atoms with van der Waals surface area (Å²) < 4.78 is 41.3. The first kappa shape index (κ1) is 14.9. The second-order valence-electron chi connectivity index (χ2n) is 3.92. The maximum atomic E-state index is 14.1. The number of pyridine rings is 1. The molecule has 106 valence electrons. The minimum atomic E-state index is -4.04. The zero-order valence-electron chi connectivity index (χ0n) is 10.2. The molecule has 0 spiro atoms. The quantitative estimate of drug-likeness (QED) is 0.876. The van der Waals surface area contributed by atoms with Crippen molar-refractivity contribution >= 4 is 31.6 Å². The molecule has 5 nitrogen and oxygen atoms in total. The van der Waals surface area contributed by atoms with Crippen LogP contribution in [0.5, 0.6) is 0 Å². The number of anilines is 1. The number of sulfonamides is 1. The fraction of sp³-hybridized carbons (Fsp3) is 0.0833. The Kier molecular flexibility index (Phi) is 4.36. The summed E-state index contributed by atoms with van der Waals surface area (Å²) in [4.78, 5) is 3.32. The first-order valence-electron chi connectivity index (χ1n) is 5.55. The molecular formula is C12H11BrFN3O2S. The van der Waals surface area contributed by atoms with E-state index in [0.717, 1.165) is 0 Å². The predicted molar refractivity (Wildman–Crippen MR) is 77.0 cm³/mol. The highest BCUT2D eigenvalue weighted by Crippen LogP contribution is 2.25. The number of hydrogen-bond acceptors (Lipinski definition) is 4. The smallest absolute Gasteiger partial charge is 0.264 e. The molecule has 0 saturated heterocycles. The van der Waals surface area contributed by atoms with Crippen molar-refractivity contribution in [2.75, 3.05) is 4.72 Å². The third-order valence-corrected chi connectivity index (χ3v) is 4.36. The molecular weight excluding hydrogens is 349 g/mol. The van der Waals surface area contributed by atoms with Gasteiger partial charge in [-0.05, 0) is 24.3 Å². The van der Waals surface area contributed by atoms with E-state index in [-0.39, 0.29) is 12.1 Å². The average molecular weight is 360 g/mol. The second kappa shape index (κ2) is 5.86. The Labute approximate surface area is 124 Å². The number of nitrogens with two attached hydrogens (primary N) is 1. The summed E-state index contributed by atoms with van der Waals surface area (Å²) in [5.74, 6) is -0.850. The van der Waals surface area contributed by atoms with Gasteiger partial charge in [-0.1, -0.05) is 15.9 Å². The van der Waals surface area contributed by atoms with Crippen LogP contribution in [0.1, 0.15) is 5.56 Å². The Bertz CT molecular complexity index is 723. The fourth-order valence-corrected chi connectivity index (χ4v) is 3.45. The normalized spacial score (nSPS) is 11.3. The molecule has 0 aliphatic rings. The van der Waals surface area contributed by atoms with Crippen LogP contribution in [-0.2, 0) is 16.6 Å². The van der Waals surface area contributed by atoms with Crippen LogP contribution in [0.3, 0.4) is 0 Å². The number of nitrogens with one attached hydrogen (secondary N) is 1. The minimum absolute atomic E-state index is 0.0942. The molecule has 1 aromatic carbocycles. The van der Waals surface area contributed by atoms with Crippen LogP contribution >= 0.6 is 15.9 Å². The number of aromatic nitrogens is 1. The summed E-state index contributed by atoms with van der Waals surface area (Å²) in [5.41, 5.74) is 5.82. The van der Waals surface area contributed by atoms with Crippen molar-refractivity contribution < 1.29 is 12.8 Å². The van der Waals surface area contributed by atoms with Crippen molar-refractivity contribution in [1.82, 2.24) is 4.98 Å². The predicted octanol–water partition coefficient (Wildman–Crippen LogP) is 2.24. The van der Waals surface area contributed by atoms with Crippen molar-refractivity contribution in [2.45, 2.75) is 11.4 Å². The second-order valence-corrected chi connectivity index (χ2v) is 6.49. The van der Waals surface area contributed by atoms with Gasteiger partial charge in [0.1, 0.15) is 10.7 Å². The standard InChI is InChI=1S/C12H11BrFN3O2S/c13-9-5-8(7-15)12(14)11(6-9)20(18,19)17-10-1-3-16-4-2-10/h1-6H,7,15H2,(H,16,17). The van der Waals surface area contributed by atoms with Gasteiger partial charge in [-0.15, -0.1) is 0 Å². The molecule has 0 aliphatic carbocycles. The van der Waals surface area contributed by atoms with Crippen LogP contribution in [0.2, 0.25) is 0 Å². The molecule has 0 aliphatic heterocycles. The van der Waals surface area contributed by atoms with E-state index in [9.17, 15) is 12.8 Å². The number of rotatable bonds is 4. The van der Waals surface area contributed by atoms with Gasteiger partial charge in [-0.25, -0.2) is 12.8 Å². The van der Waals surface area contributed by atoms with E-state index in [1.807, 2.05) is 0 Å². The summed E-state index contributed by atoms with van der Waals surface area (Å²) in [6.45, 7) is -0.0942. The number of hydrogen-bond donors (Lipinski definition) is 2. The first-order valence-corrected chi connectivity index (χ1v) is 7.82. The van der Waals surface area contributed by atoms with Crippen molar-refractivity contribution in [3.63, 3.8) is 0 Å². The lowest BCUT2D eigenvalue weighted by Crippen LogP contribution is -2.16. The van der Waals surface area contributed by atoms with Gasteiger partial charge in [-0.2, -0.15) is 0 Å². The van der Waals surface area contributed by atoms with Crippen LogP contribution in [0, 0.1) is 5.82 Å². The maximum absolute atomic E-state index is 14.1. The van der Waals surface area contributed by atoms with Gasteiger partial charge in [0.15, 0.2) is 0 Å². The van der Waals surface area contributed by atoms with Gasteiger partial charge in [-0.3, -0.25) is 9.71 Å². The molecule has 0 saturated carbocycles. The molecule has 20 heavy (non-hydrogen) atoms. The fourth-order valence-electron chi connectivity index (χ4n) is 1.59. The van der Waals surface area contributed by atoms with Gasteiger partial charge in [0, 0.05) is 29.0 Å². The van der Waals surface area contributed by atoms with Gasteiger partial charge >= 0.3 is 0 Å². The Morgan fingerprint density at radius 3 is 2.55 bits per heavy atom. The van der Waals surface area contributed by atoms with Gasteiger partial charge in [0.2, 0.25) is 0 Å². The molecule has 0 fully saturated rings. The third kappa shape index (κ3) is 3.14. The van der Waals surface area contributed by atoms with Gasteiger partial charge in [0.05, 0.1) is 5.69 Å². The molecule has 0 amide bonds. The molecule has 0 atom stereocenters. The van der Waals surface area contributed by atoms with E-state index in [1.54, 1.807) is 0 Å². The van der Waals surface area contributed by atoms with Crippen LogP contribution in [-0.4, -0.2) is 13.4 Å². The number of halogens is 2. The lowest BCUT2D eigenvalue weighted by molar-refractivity contribution is 0.560. The molecule has 8 heteroatoms. The number of benzene rings is 1. The summed E-state index contributed by atoms with van der Waals surface area (Å²) in [6, 6.07) is 5.58. The van der Waals surface area contributed by atoms with Crippen LogP contribution < -0.4 is 10.5 Å². The van der Waals surface area contributed by atoms with E-state index < -0.39 is 20.7 Å². The molecule has 0 bridgehead atoms. The first-order chi connectivity index (χ1) is 9.44. The highest BCUT2D eigenvalue weighted by Gasteiger charge is 2.22. The topological polar surface area (TPSA) is 85.1 Å². The van der Waals surface area contributed by atoms with Crippen LogP contribution in [0.25, 0.3) is 0 Å². The third-order valence-electron chi connectivity index (χ3n) is 2.52. The SMILES string of the molecule is NCc1cc(Br)cc(S(=O)(=O)Nc2ccncc2)c1F. The van der Waals surface area contributed by atoms with Gasteiger partial charge < -0.3 is 5.73 Å². The largest absolute Gasteiger partial charge is 0.326 e. The minimum Gasteiger partial charge on any atom is -0.326 e. The van der Waals surface area contributed by atoms with E-state index in [1.165, 1.54) is 36.7 Å². The Balaban J connectivity index is 2.47. The summed E-state index contributed by atoms with van der Waals surface area (Å²) in [5, 5.41) is 0. The Morgan fingerprint density at radius 1 is 1.30 bits per heavy atom. The van der Waals surface area contributed by atoms with Crippen molar-refractivity contribution in [3.8, 4) is 0 Å². The highest BCUT2D eigenvalue weighted by atomic mass is 79.9. The molecule has 2 rings (SSSR count). The van der Waals surface area contributed by atoms with Crippen molar-refractivity contribution in [3.05, 3.63) is 52.5 Å². The summed E-state index contributed by atoms with van der Waals surface area (Å²) in [6.07, 6.45) is 2.86. The van der Waals surface area contributed by atoms with E-state index >= 15 is 0 Å². The average Bonchev–Trinajstić information content (AvgIpc) is 2.41. The van der Waals surface area contributed by atoms with Crippen molar-refractivity contribution in [2.24, 2.45) is 5.73 Å². The zero-order chi connectivity index (χ0) is 14.8. The van der Waals surface area contributed by atoms with Crippen LogP contribution in [0.15, 0.2) is 46.0 Å². The summed E-state index contributed by atoms with van der Waals surface area (Å²) in [7, 11) is -4.04. The molecule has 1 heterocycles. The van der Waals surface area contributed by atoms with E-state index in [0.29, 0.717) is 10.2 Å². The molecule has 0 radical (unpaired) electrons. The zero-order valence-corrected chi connectivity index (χ0v) is 12.6. The van der Waals surface area contributed by atoms with Crippen molar-refractivity contribution in [1.29, 1.82) is 0 Å². The Morgan fingerprint density at radius 2 is 1.95 bits per heavy atom. The highest BCUT2D eigenvalue weighted by molar-refractivity contribution is 9.10. The lowest BCUT2D eigenvalue weighted by atomic mass is 10.2. The lowest BCUT2D eigenvalue weighted by Gasteiger charge is -2.11. The molecule has 3 N–H and O–H groups in total. The van der Waals surface area contributed by atoms with E-state index in [2.05, 4.69) is 25.6 Å². The molecule has 0 unspecified atom stereocenters. The van der Waals surface area contributed by atoms with E-state index in [4.69, 9.17) is 5.73 Å². The summed E-state index contributed by atoms with van der Waals surface area (Å²) >= 11 is 3.14. The number of nitrogens with zero attached hydrogens (tertiary/aromatic N) is 1. The van der Waals surface area contributed by atoms with Crippen LogP contribution in [0.4, 0.5) is 10.1 Å². The maximum Gasteiger partial charge on any atom is 0.264 e.